The minimum Gasteiger partial charge on any atom is -0.497 e. The number of hydrogen-bond acceptors (Lipinski definition) is 4. The van der Waals surface area contributed by atoms with E-state index >= 15 is 0 Å². The van der Waals surface area contributed by atoms with Crippen LogP contribution in [0.2, 0.25) is 0 Å². The Morgan fingerprint density at radius 3 is 2.46 bits per heavy atom. The molecule has 6 nitrogen and oxygen atoms in total. The minimum atomic E-state index is -0.305. The SMILES string of the molecule is COc1cccc(NC(=O)CNC(=O)CCOc2ccccc2)c1. The molecule has 126 valence electrons. The van der Waals surface area contributed by atoms with Crippen molar-refractivity contribution in [2.24, 2.45) is 0 Å². The molecule has 2 aromatic rings. The summed E-state index contributed by atoms with van der Waals surface area (Å²) in [5.41, 5.74) is 0.612. The van der Waals surface area contributed by atoms with Gasteiger partial charge in [-0.1, -0.05) is 24.3 Å². The normalized spacial score (nSPS) is 9.88. The van der Waals surface area contributed by atoms with Crippen LogP contribution in [0.4, 0.5) is 5.69 Å². The van der Waals surface area contributed by atoms with Crippen LogP contribution in [0, 0.1) is 0 Å². The van der Waals surface area contributed by atoms with E-state index in [-0.39, 0.29) is 31.4 Å². The second-order valence-electron chi connectivity index (χ2n) is 4.97. The maximum Gasteiger partial charge on any atom is 0.243 e. The van der Waals surface area contributed by atoms with Crippen molar-refractivity contribution in [1.29, 1.82) is 0 Å². The highest BCUT2D eigenvalue weighted by Gasteiger charge is 2.07. The lowest BCUT2D eigenvalue weighted by Gasteiger charge is -2.09. The summed E-state index contributed by atoms with van der Waals surface area (Å²) in [4.78, 5) is 23.5. The largest absolute Gasteiger partial charge is 0.497 e. The highest BCUT2D eigenvalue weighted by molar-refractivity contribution is 5.94. The smallest absolute Gasteiger partial charge is 0.243 e. The topological polar surface area (TPSA) is 76.7 Å². The predicted molar refractivity (Wildman–Crippen MR) is 91.2 cm³/mol. The van der Waals surface area contributed by atoms with Gasteiger partial charge >= 0.3 is 0 Å². The number of carbonyl (C=O) groups excluding carboxylic acids is 2. The number of ether oxygens (including phenoxy) is 2. The Bertz CT molecular complexity index is 674. The van der Waals surface area contributed by atoms with Gasteiger partial charge in [-0.2, -0.15) is 0 Å². The van der Waals surface area contributed by atoms with Gasteiger partial charge in [-0.25, -0.2) is 0 Å². The van der Waals surface area contributed by atoms with E-state index in [1.165, 1.54) is 0 Å². The van der Waals surface area contributed by atoms with Gasteiger partial charge in [-0.3, -0.25) is 9.59 Å². The van der Waals surface area contributed by atoms with E-state index < -0.39 is 0 Å². The number of amides is 2. The standard InChI is InChI=1S/C18H20N2O4/c1-23-16-9-5-6-14(12-16)20-18(22)13-19-17(21)10-11-24-15-7-3-2-4-8-15/h2-9,12H,10-11,13H2,1H3,(H,19,21)(H,20,22). The molecule has 0 heterocycles. The van der Waals surface area contributed by atoms with Crippen LogP contribution in [-0.2, 0) is 9.59 Å². The van der Waals surface area contributed by atoms with E-state index in [9.17, 15) is 9.59 Å². The highest BCUT2D eigenvalue weighted by Crippen LogP contribution is 2.16. The van der Waals surface area contributed by atoms with Gasteiger partial charge in [0, 0.05) is 11.8 Å². The highest BCUT2D eigenvalue weighted by atomic mass is 16.5. The molecule has 2 rings (SSSR count). The number of hydrogen-bond donors (Lipinski definition) is 2. The van der Waals surface area contributed by atoms with Gasteiger partial charge in [0.05, 0.1) is 26.7 Å². The van der Waals surface area contributed by atoms with Crippen molar-refractivity contribution in [3.8, 4) is 11.5 Å². The fourth-order valence-corrected chi connectivity index (χ4v) is 1.95. The van der Waals surface area contributed by atoms with Crippen LogP contribution in [0.3, 0.4) is 0 Å². The zero-order valence-corrected chi connectivity index (χ0v) is 13.5. The first kappa shape index (κ1) is 17.3. The first-order valence-corrected chi connectivity index (χ1v) is 7.56. The van der Waals surface area contributed by atoms with Crippen molar-refractivity contribution >= 4 is 17.5 Å². The molecule has 0 unspecified atom stereocenters. The zero-order chi connectivity index (χ0) is 17.2. The number of anilines is 1. The molecule has 0 saturated carbocycles. The summed E-state index contributed by atoms with van der Waals surface area (Å²) >= 11 is 0. The average Bonchev–Trinajstić information content (AvgIpc) is 2.61. The van der Waals surface area contributed by atoms with Crippen molar-refractivity contribution in [3.63, 3.8) is 0 Å². The number of nitrogens with one attached hydrogen (secondary N) is 2. The molecule has 0 radical (unpaired) electrons. The summed E-state index contributed by atoms with van der Waals surface area (Å²) in [7, 11) is 1.55. The second kappa shape index (κ2) is 9.19. The molecule has 0 fully saturated rings. The van der Waals surface area contributed by atoms with Gasteiger partial charge in [0.1, 0.15) is 11.5 Å². The van der Waals surface area contributed by atoms with Gasteiger partial charge in [0.25, 0.3) is 0 Å². The molecule has 0 saturated heterocycles. The van der Waals surface area contributed by atoms with Crippen LogP contribution in [0.15, 0.2) is 54.6 Å². The van der Waals surface area contributed by atoms with Gasteiger partial charge in [-0.05, 0) is 24.3 Å². The molecule has 0 atom stereocenters. The van der Waals surface area contributed by atoms with Crippen LogP contribution in [0.1, 0.15) is 6.42 Å². The monoisotopic (exact) mass is 328 g/mol. The molecule has 0 bridgehead atoms. The van der Waals surface area contributed by atoms with Crippen molar-refractivity contribution < 1.29 is 19.1 Å². The van der Waals surface area contributed by atoms with Crippen LogP contribution < -0.4 is 20.1 Å². The Morgan fingerprint density at radius 1 is 0.958 bits per heavy atom. The quantitative estimate of drug-likeness (QED) is 0.779. The van der Waals surface area contributed by atoms with Crippen LogP contribution in [0.5, 0.6) is 11.5 Å². The second-order valence-corrected chi connectivity index (χ2v) is 4.97. The fraction of sp³-hybridized carbons (Fsp3) is 0.222. The van der Waals surface area contributed by atoms with Gasteiger partial charge in [0.15, 0.2) is 0 Å². The van der Waals surface area contributed by atoms with E-state index in [2.05, 4.69) is 10.6 Å². The summed E-state index contributed by atoms with van der Waals surface area (Å²) in [5, 5.41) is 5.24. The number of para-hydroxylation sites is 1. The van der Waals surface area contributed by atoms with Gasteiger partial charge in [0.2, 0.25) is 11.8 Å². The van der Waals surface area contributed by atoms with Crippen molar-refractivity contribution in [1.82, 2.24) is 5.32 Å². The third-order valence-electron chi connectivity index (χ3n) is 3.14. The van der Waals surface area contributed by atoms with E-state index in [0.29, 0.717) is 17.2 Å². The Kier molecular flexibility index (Phi) is 6.64. The Hall–Kier alpha value is -3.02. The lowest BCUT2D eigenvalue weighted by Crippen LogP contribution is -2.33. The zero-order valence-electron chi connectivity index (χ0n) is 13.5. The molecular weight excluding hydrogens is 308 g/mol. The van der Waals surface area contributed by atoms with Crippen molar-refractivity contribution in [2.75, 3.05) is 25.6 Å². The fourth-order valence-electron chi connectivity index (χ4n) is 1.95. The third kappa shape index (κ3) is 6.00. The average molecular weight is 328 g/mol. The predicted octanol–water partition coefficient (Wildman–Crippen LogP) is 2.22. The maximum absolute atomic E-state index is 11.8. The van der Waals surface area contributed by atoms with Crippen molar-refractivity contribution in [2.45, 2.75) is 6.42 Å². The summed E-state index contributed by atoms with van der Waals surface area (Å²) < 4.78 is 10.5. The first-order valence-electron chi connectivity index (χ1n) is 7.56. The van der Waals surface area contributed by atoms with Crippen LogP contribution in [0.25, 0.3) is 0 Å². The lowest BCUT2D eigenvalue weighted by atomic mass is 10.3. The molecular formula is C18H20N2O4. The number of rotatable bonds is 8. The van der Waals surface area contributed by atoms with E-state index in [4.69, 9.17) is 9.47 Å². The van der Waals surface area contributed by atoms with E-state index in [0.717, 1.165) is 0 Å². The number of carbonyl (C=O) groups is 2. The maximum atomic E-state index is 11.8. The first-order chi connectivity index (χ1) is 11.7. The summed E-state index contributed by atoms with van der Waals surface area (Å²) in [6.45, 7) is 0.161. The molecule has 2 N–H and O–H groups in total. The number of benzene rings is 2. The van der Waals surface area contributed by atoms with Crippen LogP contribution >= 0.6 is 0 Å². The summed E-state index contributed by atoms with van der Waals surface area (Å²) in [5.74, 6) is 0.809. The molecule has 0 aliphatic heterocycles. The molecule has 6 heteroatoms. The molecule has 24 heavy (non-hydrogen) atoms. The molecule has 0 aliphatic carbocycles. The molecule has 0 aliphatic rings. The molecule has 2 aromatic carbocycles. The van der Waals surface area contributed by atoms with E-state index in [1.54, 1.807) is 31.4 Å². The number of methoxy groups -OCH3 is 1. The summed E-state index contributed by atoms with van der Waals surface area (Å²) in [6.07, 6.45) is 0.182. The minimum absolute atomic E-state index is 0.0959. The lowest BCUT2D eigenvalue weighted by molar-refractivity contribution is -0.124. The van der Waals surface area contributed by atoms with Gasteiger partial charge < -0.3 is 20.1 Å². The van der Waals surface area contributed by atoms with Crippen LogP contribution in [-0.4, -0.2) is 32.1 Å². The Balaban J connectivity index is 1.66. The Labute approximate surface area is 140 Å². The molecule has 0 aromatic heterocycles. The van der Waals surface area contributed by atoms with E-state index in [1.807, 2.05) is 30.3 Å². The van der Waals surface area contributed by atoms with Gasteiger partial charge in [-0.15, -0.1) is 0 Å². The molecule has 0 spiro atoms. The van der Waals surface area contributed by atoms with Crippen molar-refractivity contribution in [3.05, 3.63) is 54.6 Å². The Morgan fingerprint density at radius 2 is 1.71 bits per heavy atom. The summed E-state index contributed by atoms with van der Waals surface area (Å²) in [6, 6.07) is 16.2. The molecule has 2 amide bonds. The third-order valence-corrected chi connectivity index (χ3v) is 3.14.